The zero-order chi connectivity index (χ0) is 14.7. The monoisotopic (exact) mass is 281 g/mol. The molecular formula is C12H15N3O5. The Labute approximate surface area is 114 Å². The topological polar surface area (TPSA) is 128 Å². The number of nitro benzene ring substituents is 1. The van der Waals surface area contributed by atoms with E-state index in [1.807, 2.05) is 0 Å². The summed E-state index contributed by atoms with van der Waals surface area (Å²) in [5.74, 6) is -0.690. The number of carbonyl (C=O) groups is 1. The number of phenols is 1. The van der Waals surface area contributed by atoms with Crippen LogP contribution in [0.1, 0.15) is 12.8 Å². The van der Waals surface area contributed by atoms with Gasteiger partial charge in [-0.15, -0.1) is 0 Å². The van der Waals surface area contributed by atoms with E-state index < -0.39 is 16.9 Å². The highest BCUT2D eigenvalue weighted by atomic mass is 16.6. The minimum atomic E-state index is -0.673. The van der Waals surface area contributed by atoms with Gasteiger partial charge in [-0.2, -0.15) is 0 Å². The summed E-state index contributed by atoms with van der Waals surface area (Å²) in [5, 5.41) is 22.6. The fraction of sp³-hybridized carbons (Fsp3) is 0.417. The van der Waals surface area contributed by atoms with Crippen LogP contribution >= 0.6 is 0 Å². The molecule has 0 aromatic heterocycles. The van der Waals surface area contributed by atoms with Gasteiger partial charge in [-0.25, -0.2) is 0 Å². The van der Waals surface area contributed by atoms with E-state index in [1.54, 1.807) is 0 Å². The van der Waals surface area contributed by atoms with Crippen molar-refractivity contribution in [1.29, 1.82) is 0 Å². The highest BCUT2D eigenvalue weighted by molar-refractivity contribution is 5.96. The largest absolute Gasteiger partial charge is 0.508 e. The lowest BCUT2D eigenvalue weighted by Crippen LogP contribution is -2.30. The highest BCUT2D eigenvalue weighted by Gasteiger charge is 2.31. The molecule has 1 aromatic carbocycles. The second-order valence-corrected chi connectivity index (χ2v) is 4.51. The number of phenolic OH excluding ortho intramolecular Hbond substituents is 1. The zero-order valence-corrected chi connectivity index (χ0v) is 10.6. The number of rotatable bonds is 4. The molecule has 2 atom stereocenters. The lowest BCUT2D eigenvalue weighted by atomic mass is 10.2. The predicted octanol–water partition coefficient (Wildman–Crippen LogP) is 0.745. The van der Waals surface area contributed by atoms with E-state index in [1.165, 1.54) is 12.1 Å². The first-order valence-electron chi connectivity index (χ1n) is 6.15. The second-order valence-electron chi connectivity index (χ2n) is 4.51. The molecule has 0 spiro atoms. The van der Waals surface area contributed by atoms with Gasteiger partial charge in [0, 0.05) is 6.54 Å². The van der Waals surface area contributed by atoms with Crippen molar-refractivity contribution in [1.82, 2.24) is 0 Å². The van der Waals surface area contributed by atoms with Gasteiger partial charge < -0.3 is 20.9 Å². The van der Waals surface area contributed by atoms with E-state index in [0.717, 1.165) is 6.07 Å². The number of amides is 1. The van der Waals surface area contributed by atoms with Crippen LogP contribution in [0.3, 0.4) is 0 Å². The van der Waals surface area contributed by atoms with Gasteiger partial charge in [-0.05, 0) is 25.0 Å². The Kier molecular flexibility index (Phi) is 4.16. The summed E-state index contributed by atoms with van der Waals surface area (Å²) in [5.41, 5.74) is 5.11. The first-order chi connectivity index (χ1) is 9.51. The number of aromatic hydroxyl groups is 1. The smallest absolute Gasteiger partial charge is 0.296 e. The quantitative estimate of drug-likeness (QED) is 0.424. The van der Waals surface area contributed by atoms with Crippen molar-refractivity contribution in [2.45, 2.75) is 25.0 Å². The molecule has 0 saturated carbocycles. The van der Waals surface area contributed by atoms with Crippen molar-refractivity contribution in [2.24, 2.45) is 5.73 Å². The number of hydrogen-bond acceptors (Lipinski definition) is 6. The molecule has 4 N–H and O–H groups in total. The van der Waals surface area contributed by atoms with Crippen molar-refractivity contribution >= 4 is 17.3 Å². The first kappa shape index (κ1) is 14.2. The normalized spacial score (nSPS) is 21.6. The molecule has 1 amide bonds. The van der Waals surface area contributed by atoms with Gasteiger partial charge in [-0.1, -0.05) is 0 Å². The average Bonchev–Trinajstić information content (AvgIpc) is 2.89. The van der Waals surface area contributed by atoms with Crippen LogP contribution in [0.4, 0.5) is 11.4 Å². The van der Waals surface area contributed by atoms with Crippen molar-refractivity contribution in [3.63, 3.8) is 0 Å². The summed E-state index contributed by atoms with van der Waals surface area (Å²) in [6.07, 6.45) is 0.406. The van der Waals surface area contributed by atoms with Crippen LogP contribution in [0.2, 0.25) is 0 Å². The third kappa shape index (κ3) is 3.03. The van der Waals surface area contributed by atoms with Gasteiger partial charge in [0.05, 0.1) is 17.1 Å². The summed E-state index contributed by atoms with van der Waals surface area (Å²) in [6, 6.07) is 3.52. The standard InChI is InChI=1S/C12H15N3O5/c13-6-8-2-4-11(20-8)12(17)14-9-3-1-7(16)5-10(9)15(18)19/h1,3,5,8,11,16H,2,4,6,13H2,(H,14,17). The van der Waals surface area contributed by atoms with Crippen molar-refractivity contribution < 1.29 is 19.6 Å². The number of nitro groups is 1. The van der Waals surface area contributed by atoms with Crippen LogP contribution in [0.25, 0.3) is 0 Å². The summed E-state index contributed by atoms with van der Waals surface area (Å²) < 4.78 is 5.41. The van der Waals surface area contributed by atoms with Crippen LogP contribution in [-0.2, 0) is 9.53 Å². The summed E-state index contributed by atoms with van der Waals surface area (Å²) in [6.45, 7) is 0.336. The molecule has 1 heterocycles. The molecular weight excluding hydrogens is 266 g/mol. The number of benzene rings is 1. The third-order valence-electron chi connectivity index (χ3n) is 3.10. The van der Waals surface area contributed by atoms with E-state index in [4.69, 9.17) is 10.5 Å². The Morgan fingerprint density at radius 1 is 1.55 bits per heavy atom. The maximum Gasteiger partial charge on any atom is 0.296 e. The Balaban J connectivity index is 2.10. The van der Waals surface area contributed by atoms with Crippen molar-refractivity contribution in [3.8, 4) is 5.75 Å². The number of nitrogens with zero attached hydrogens (tertiary/aromatic N) is 1. The Bertz CT molecular complexity index is 534. The van der Waals surface area contributed by atoms with Gasteiger partial charge in [0.2, 0.25) is 0 Å². The molecule has 108 valence electrons. The van der Waals surface area contributed by atoms with Crippen LogP contribution < -0.4 is 11.1 Å². The molecule has 20 heavy (non-hydrogen) atoms. The summed E-state index contributed by atoms with van der Waals surface area (Å²) >= 11 is 0. The van der Waals surface area contributed by atoms with E-state index in [9.17, 15) is 20.0 Å². The fourth-order valence-electron chi connectivity index (χ4n) is 2.06. The minimum Gasteiger partial charge on any atom is -0.508 e. The SMILES string of the molecule is NCC1CCC(C(=O)Nc2ccc(O)cc2[N+](=O)[O-])O1. The fourth-order valence-corrected chi connectivity index (χ4v) is 2.06. The molecule has 1 aliphatic heterocycles. The average molecular weight is 281 g/mol. The van der Waals surface area contributed by atoms with Crippen molar-refractivity contribution in [2.75, 3.05) is 11.9 Å². The molecule has 0 radical (unpaired) electrons. The maximum atomic E-state index is 12.0. The highest BCUT2D eigenvalue weighted by Crippen LogP contribution is 2.29. The molecule has 1 saturated heterocycles. The van der Waals surface area contributed by atoms with Crippen molar-refractivity contribution in [3.05, 3.63) is 28.3 Å². The molecule has 1 aromatic rings. The number of hydrogen-bond donors (Lipinski definition) is 3. The van der Waals surface area contributed by atoms with Gasteiger partial charge in [-0.3, -0.25) is 14.9 Å². The van der Waals surface area contributed by atoms with Gasteiger partial charge in [0.1, 0.15) is 17.5 Å². The maximum absolute atomic E-state index is 12.0. The zero-order valence-electron chi connectivity index (χ0n) is 10.6. The van der Waals surface area contributed by atoms with Crippen LogP contribution in [0.15, 0.2) is 18.2 Å². The van der Waals surface area contributed by atoms with Crippen LogP contribution in [0.5, 0.6) is 5.75 Å². The Hall–Kier alpha value is -2.19. The molecule has 0 aliphatic carbocycles. The van der Waals surface area contributed by atoms with Gasteiger partial charge in [0.15, 0.2) is 0 Å². The first-order valence-corrected chi connectivity index (χ1v) is 6.15. The molecule has 8 heteroatoms. The van der Waals surface area contributed by atoms with E-state index in [0.29, 0.717) is 19.4 Å². The third-order valence-corrected chi connectivity index (χ3v) is 3.10. The number of nitrogens with two attached hydrogens (primary N) is 1. The molecule has 0 bridgehead atoms. The van der Waals surface area contributed by atoms with E-state index in [-0.39, 0.29) is 23.2 Å². The number of nitrogens with one attached hydrogen (secondary N) is 1. The molecule has 1 aliphatic rings. The Morgan fingerprint density at radius 3 is 2.90 bits per heavy atom. The van der Waals surface area contributed by atoms with E-state index >= 15 is 0 Å². The summed E-state index contributed by atoms with van der Waals surface area (Å²) in [4.78, 5) is 22.2. The summed E-state index contributed by atoms with van der Waals surface area (Å²) in [7, 11) is 0. The van der Waals surface area contributed by atoms with Gasteiger partial charge >= 0.3 is 0 Å². The molecule has 8 nitrogen and oxygen atoms in total. The predicted molar refractivity (Wildman–Crippen MR) is 70.3 cm³/mol. The van der Waals surface area contributed by atoms with Gasteiger partial charge in [0.25, 0.3) is 11.6 Å². The number of ether oxygens (including phenoxy) is 1. The lowest BCUT2D eigenvalue weighted by molar-refractivity contribution is -0.384. The minimum absolute atomic E-state index is 0.0256. The second kappa shape index (κ2) is 5.85. The lowest BCUT2D eigenvalue weighted by Gasteiger charge is -2.12. The van der Waals surface area contributed by atoms with Crippen LogP contribution in [-0.4, -0.2) is 34.7 Å². The Morgan fingerprint density at radius 2 is 2.30 bits per heavy atom. The molecule has 2 unspecified atom stereocenters. The van der Waals surface area contributed by atoms with Crippen LogP contribution in [0, 0.1) is 10.1 Å². The molecule has 1 fully saturated rings. The molecule has 2 rings (SSSR count). The number of carbonyl (C=O) groups excluding carboxylic acids is 1. The number of anilines is 1. The van der Waals surface area contributed by atoms with E-state index in [2.05, 4.69) is 5.32 Å².